The van der Waals surface area contributed by atoms with E-state index < -0.39 is 4.92 Å². The quantitative estimate of drug-likeness (QED) is 0.332. The summed E-state index contributed by atoms with van der Waals surface area (Å²) in [5, 5.41) is 15.4. The molecule has 0 saturated heterocycles. The lowest BCUT2D eigenvalue weighted by atomic mass is 10.1. The second kappa shape index (κ2) is 6.53. The van der Waals surface area contributed by atoms with E-state index in [-0.39, 0.29) is 11.2 Å². The highest BCUT2D eigenvalue weighted by Gasteiger charge is 2.17. The number of hydrogen-bond donors (Lipinski definition) is 0. The first-order valence-corrected chi connectivity index (χ1v) is 9.20. The fourth-order valence-corrected chi connectivity index (χ4v) is 3.78. The van der Waals surface area contributed by atoms with Gasteiger partial charge >= 0.3 is 0 Å². The van der Waals surface area contributed by atoms with Gasteiger partial charge in [0, 0.05) is 12.1 Å². The molecule has 4 aromatic heterocycles. The minimum absolute atomic E-state index is 0.0536. The van der Waals surface area contributed by atoms with Crippen molar-refractivity contribution in [3.63, 3.8) is 0 Å². The summed E-state index contributed by atoms with van der Waals surface area (Å²) in [6.07, 6.45) is 3.07. The molecule has 1 aromatic carbocycles. The molecule has 5 aromatic rings. The van der Waals surface area contributed by atoms with E-state index in [0.717, 1.165) is 11.3 Å². The number of nitrogens with zero attached hydrogens (tertiary/aromatic N) is 4. The number of para-hydroxylation sites is 1. The van der Waals surface area contributed by atoms with E-state index in [4.69, 9.17) is 8.83 Å². The lowest BCUT2D eigenvalue weighted by Crippen LogP contribution is -2.23. The largest absolute Gasteiger partial charge is 0.461 e. The van der Waals surface area contributed by atoms with Crippen LogP contribution in [0.3, 0.4) is 0 Å². The molecule has 10 heteroatoms. The lowest BCUT2D eigenvalue weighted by molar-refractivity contribution is -0.384. The predicted molar refractivity (Wildman–Crippen MR) is 104 cm³/mol. The van der Waals surface area contributed by atoms with Crippen molar-refractivity contribution in [1.82, 2.24) is 14.6 Å². The number of fused-ring (bicyclic) bond motifs is 1. The molecule has 0 fully saturated rings. The van der Waals surface area contributed by atoms with Crippen LogP contribution in [0.4, 0.5) is 5.69 Å². The first-order chi connectivity index (χ1) is 14.1. The van der Waals surface area contributed by atoms with Crippen LogP contribution in [0.2, 0.25) is 0 Å². The van der Waals surface area contributed by atoms with Gasteiger partial charge in [-0.15, -0.1) is 5.10 Å². The van der Waals surface area contributed by atoms with Gasteiger partial charge in [0.05, 0.1) is 16.7 Å². The molecule has 0 aliphatic carbocycles. The van der Waals surface area contributed by atoms with Crippen molar-refractivity contribution in [2.75, 3.05) is 0 Å². The van der Waals surface area contributed by atoms with Crippen LogP contribution in [0, 0.1) is 10.1 Å². The standard InChI is InChI=1S/C19H10N4O5S/c24-18-16(29-19-20-17(21-22(18)19)15-6-3-9-27-15)10-11-7-8-14(28-11)12-4-1-2-5-13(12)23(25)26/h1-10H/b16-10-. The number of hydrogen-bond acceptors (Lipinski definition) is 8. The molecule has 0 atom stereocenters. The maximum Gasteiger partial charge on any atom is 0.291 e. The summed E-state index contributed by atoms with van der Waals surface area (Å²) in [4.78, 5) is 28.1. The summed E-state index contributed by atoms with van der Waals surface area (Å²) in [5.74, 6) is 1.55. The molecule has 0 saturated carbocycles. The van der Waals surface area contributed by atoms with Gasteiger partial charge in [-0.3, -0.25) is 14.9 Å². The van der Waals surface area contributed by atoms with Crippen LogP contribution < -0.4 is 10.1 Å². The van der Waals surface area contributed by atoms with E-state index in [9.17, 15) is 14.9 Å². The van der Waals surface area contributed by atoms with Gasteiger partial charge in [-0.05, 0) is 30.3 Å². The molecule has 142 valence electrons. The Bertz CT molecular complexity index is 1460. The monoisotopic (exact) mass is 406 g/mol. The number of nitro groups is 1. The van der Waals surface area contributed by atoms with Gasteiger partial charge in [-0.2, -0.15) is 9.50 Å². The molecule has 0 amide bonds. The smallest absolute Gasteiger partial charge is 0.291 e. The molecule has 4 heterocycles. The number of rotatable bonds is 4. The van der Waals surface area contributed by atoms with Gasteiger partial charge < -0.3 is 8.83 Å². The first kappa shape index (κ1) is 17.1. The van der Waals surface area contributed by atoms with Crippen molar-refractivity contribution < 1.29 is 13.8 Å². The highest BCUT2D eigenvalue weighted by molar-refractivity contribution is 7.15. The second-order valence-corrected chi connectivity index (χ2v) is 7.01. The van der Waals surface area contributed by atoms with E-state index in [1.165, 1.54) is 16.8 Å². The van der Waals surface area contributed by atoms with Gasteiger partial charge in [0.15, 0.2) is 5.76 Å². The van der Waals surface area contributed by atoms with Crippen LogP contribution in [0.25, 0.3) is 33.9 Å². The van der Waals surface area contributed by atoms with Crippen LogP contribution in [0.1, 0.15) is 5.76 Å². The average Bonchev–Trinajstić information content (AvgIpc) is 3.49. The van der Waals surface area contributed by atoms with Crippen LogP contribution in [-0.2, 0) is 0 Å². The van der Waals surface area contributed by atoms with E-state index in [2.05, 4.69) is 10.1 Å². The van der Waals surface area contributed by atoms with Gasteiger partial charge in [0.1, 0.15) is 16.1 Å². The maximum atomic E-state index is 12.6. The van der Waals surface area contributed by atoms with Crippen LogP contribution in [0.15, 0.2) is 68.4 Å². The normalized spacial score (nSPS) is 12.1. The van der Waals surface area contributed by atoms with Crippen molar-refractivity contribution in [3.8, 4) is 22.9 Å². The van der Waals surface area contributed by atoms with E-state index >= 15 is 0 Å². The zero-order valence-electron chi connectivity index (χ0n) is 14.5. The predicted octanol–water partition coefficient (Wildman–Crippen LogP) is 3.13. The Morgan fingerprint density at radius 2 is 1.97 bits per heavy atom. The Labute approximate surface area is 165 Å². The van der Waals surface area contributed by atoms with Gasteiger partial charge in [-0.1, -0.05) is 23.5 Å². The SMILES string of the molecule is O=c1/c(=C/c2ccc(-c3ccccc3[N+](=O)[O-])o2)sc2nc(-c3ccco3)nn12. The molecular weight excluding hydrogens is 396 g/mol. The molecule has 0 unspecified atom stereocenters. The maximum absolute atomic E-state index is 12.6. The molecule has 0 aliphatic heterocycles. The van der Waals surface area contributed by atoms with Crippen LogP contribution >= 0.6 is 11.3 Å². The summed E-state index contributed by atoms with van der Waals surface area (Å²) in [6, 6.07) is 13.0. The van der Waals surface area contributed by atoms with Crippen molar-refractivity contribution in [2.45, 2.75) is 0 Å². The fourth-order valence-electron chi connectivity index (χ4n) is 2.89. The Kier molecular flexibility index (Phi) is 3.85. The third kappa shape index (κ3) is 2.91. The van der Waals surface area contributed by atoms with Gasteiger partial charge in [-0.25, -0.2) is 0 Å². The fraction of sp³-hybridized carbons (Fsp3) is 0. The molecular formula is C19H10N4O5S. The summed E-state index contributed by atoms with van der Waals surface area (Å²) in [6.45, 7) is 0. The van der Waals surface area contributed by atoms with Gasteiger partial charge in [0.2, 0.25) is 10.8 Å². The van der Waals surface area contributed by atoms with Crippen molar-refractivity contribution in [2.24, 2.45) is 0 Å². The zero-order chi connectivity index (χ0) is 20.0. The summed E-state index contributed by atoms with van der Waals surface area (Å²) < 4.78 is 12.6. The van der Waals surface area contributed by atoms with E-state index in [0.29, 0.717) is 38.2 Å². The molecule has 5 rings (SSSR count). The van der Waals surface area contributed by atoms with Gasteiger partial charge in [0.25, 0.3) is 11.2 Å². The zero-order valence-corrected chi connectivity index (χ0v) is 15.3. The number of benzene rings is 1. The topological polar surface area (TPSA) is 117 Å². The number of aromatic nitrogens is 3. The molecule has 29 heavy (non-hydrogen) atoms. The summed E-state index contributed by atoms with van der Waals surface area (Å²) in [5.41, 5.74) is -0.0219. The molecule has 0 N–H and O–H groups in total. The van der Waals surface area contributed by atoms with Crippen molar-refractivity contribution in [3.05, 3.63) is 85.6 Å². The summed E-state index contributed by atoms with van der Waals surface area (Å²) >= 11 is 1.16. The Morgan fingerprint density at radius 3 is 2.72 bits per heavy atom. The van der Waals surface area contributed by atoms with E-state index in [1.807, 2.05) is 0 Å². The molecule has 0 bridgehead atoms. The number of nitro benzene ring substituents is 1. The van der Waals surface area contributed by atoms with E-state index in [1.54, 1.807) is 48.5 Å². The number of thiazole rings is 1. The Morgan fingerprint density at radius 1 is 1.10 bits per heavy atom. The molecule has 0 spiro atoms. The highest BCUT2D eigenvalue weighted by Crippen LogP contribution is 2.31. The molecule has 0 radical (unpaired) electrons. The Balaban J connectivity index is 1.54. The van der Waals surface area contributed by atoms with Crippen LogP contribution in [0.5, 0.6) is 0 Å². The molecule has 0 aliphatic rings. The Hall–Kier alpha value is -4.05. The minimum atomic E-state index is -0.465. The highest BCUT2D eigenvalue weighted by atomic mass is 32.1. The minimum Gasteiger partial charge on any atom is -0.461 e. The number of furan rings is 2. The third-order valence-electron chi connectivity index (χ3n) is 4.19. The first-order valence-electron chi connectivity index (χ1n) is 8.39. The van der Waals surface area contributed by atoms with Crippen molar-refractivity contribution >= 4 is 28.1 Å². The summed E-state index contributed by atoms with van der Waals surface area (Å²) in [7, 11) is 0. The second-order valence-electron chi connectivity index (χ2n) is 6.00. The average molecular weight is 406 g/mol. The van der Waals surface area contributed by atoms with Crippen LogP contribution in [-0.4, -0.2) is 19.5 Å². The third-order valence-corrected chi connectivity index (χ3v) is 5.15. The molecule has 9 nitrogen and oxygen atoms in total. The van der Waals surface area contributed by atoms with Crippen molar-refractivity contribution in [1.29, 1.82) is 0 Å². The lowest BCUT2D eigenvalue weighted by Gasteiger charge is -1.98.